The predicted octanol–water partition coefficient (Wildman–Crippen LogP) is 2.75. The zero-order valence-electron chi connectivity index (χ0n) is 9.71. The Morgan fingerprint density at radius 2 is 1.76 bits per heavy atom. The van der Waals surface area contributed by atoms with Crippen molar-refractivity contribution in [3.8, 4) is 0 Å². The lowest BCUT2D eigenvalue weighted by molar-refractivity contribution is 0.0988. The first-order chi connectivity index (χ1) is 8.33. The first-order valence-electron chi connectivity index (χ1n) is 5.60. The van der Waals surface area contributed by atoms with E-state index in [1.165, 1.54) is 0 Å². The van der Waals surface area contributed by atoms with Gasteiger partial charge in [0.25, 0.3) is 5.91 Å². The molecule has 0 atom stereocenters. The molecule has 2 aromatic rings. The summed E-state index contributed by atoms with van der Waals surface area (Å²) in [4.78, 5) is 17.9. The second kappa shape index (κ2) is 5.25. The van der Waals surface area contributed by atoms with Crippen LogP contribution in [0.3, 0.4) is 0 Å². The minimum atomic E-state index is 0.00102. The van der Waals surface area contributed by atoms with Crippen LogP contribution in [0, 0.1) is 0 Å². The number of aromatic nitrogens is 1. The number of benzene rings is 1. The zero-order valence-corrected chi connectivity index (χ0v) is 9.71. The molecular formula is C14H14N2O. The smallest absolute Gasteiger partial charge is 0.258 e. The summed E-state index contributed by atoms with van der Waals surface area (Å²) in [5.74, 6) is 0.00102. The summed E-state index contributed by atoms with van der Waals surface area (Å²) in [6, 6.07) is 13.1. The molecule has 0 bridgehead atoms. The molecule has 0 saturated carbocycles. The summed E-state index contributed by atoms with van der Waals surface area (Å²) in [5.41, 5.74) is 1.57. The van der Waals surface area contributed by atoms with Gasteiger partial charge in [-0.15, -0.1) is 0 Å². The summed E-state index contributed by atoms with van der Waals surface area (Å²) in [6.07, 6.45) is 3.26. The number of carbonyl (C=O) groups is 1. The molecule has 1 aromatic carbocycles. The third-order valence-corrected chi connectivity index (χ3v) is 2.56. The average Bonchev–Trinajstić information content (AvgIpc) is 2.42. The lowest BCUT2D eigenvalue weighted by Gasteiger charge is -2.20. The summed E-state index contributed by atoms with van der Waals surface area (Å²) >= 11 is 0. The van der Waals surface area contributed by atoms with Gasteiger partial charge < -0.3 is 4.90 Å². The molecule has 3 nitrogen and oxygen atoms in total. The third kappa shape index (κ3) is 2.50. The Morgan fingerprint density at radius 3 is 2.35 bits per heavy atom. The number of anilines is 1. The Bertz CT molecular complexity index is 482. The van der Waals surface area contributed by atoms with Crippen molar-refractivity contribution >= 4 is 11.6 Å². The summed E-state index contributed by atoms with van der Waals surface area (Å²) in [6.45, 7) is 2.61. The maximum atomic E-state index is 12.3. The number of pyridine rings is 1. The normalized spacial score (nSPS) is 9.94. The minimum Gasteiger partial charge on any atom is -0.309 e. The van der Waals surface area contributed by atoms with Crippen LogP contribution in [-0.2, 0) is 0 Å². The van der Waals surface area contributed by atoms with Crippen molar-refractivity contribution in [2.45, 2.75) is 6.92 Å². The standard InChI is InChI=1S/C14H14N2O/c1-2-16(13-6-4-3-5-7-13)14(17)12-8-10-15-11-9-12/h3-11H,2H2,1H3. The lowest BCUT2D eigenvalue weighted by Crippen LogP contribution is -2.30. The van der Waals surface area contributed by atoms with Gasteiger partial charge in [-0.05, 0) is 31.2 Å². The molecule has 0 fully saturated rings. The Kier molecular flexibility index (Phi) is 3.50. The number of amides is 1. The van der Waals surface area contributed by atoms with Gasteiger partial charge in [0.1, 0.15) is 0 Å². The monoisotopic (exact) mass is 226 g/mol. The van der Waals surface area contributed by atoms with Gasteiger partial charge in [-0.3, -0.25) is 9.78 Å². The van der Waals surface area contributed by atoms with Gasteiger partial charge in [0.2, 0.25) is 0 Å². The van der Waals surface area contributed by atoms with Gasteiger partial charge in [0.15, 0.2) is 0 Å². The largest absolute Gasteiger partial charge is 0.309 e. The second-order valence-corrected chi connectivity index (χ2v) is 3.62. The molecule has 0 aliphatic heterocycles. The number of para-hydroxylation sites is 1. The van der Waals surface area contributed by atoms with Crippen LogP contribution in [0.4, 0.5) is 5.69 Å². The van der Waals surface area contributed by atoms with E-state index in [1.54, 1.807) is 29.4 Å². The van der Waals surface area contributed by atoms with Crippen molar-refractivity contribution in [2.24, 2.45) is 0 Å². The van der Waals surface area contributed by atoms with Crippen molar-refractivity contribution in [1.29, 1.82) is 0 Å². The minimum absolute atomic E-state index is 0.00102. The molecular weight excluding hydrogens is 212 g/mol. The van der Waals surface area contributed by atoms with Crippen LogP contribution < -0.4 is 4.90 Å². The highest BCUT2D eigenvalue weighted by atomic mass is 16.2. The molecule has 0 N–H and O–H groups in total. The van der Waals surface area contributed by atoms with Gasteiger partial charge in [-0.2, -0.15) is 0 Å². The number of rotatable bonds is 3. The van der Waals surface area contributed by atoms with Crippen LogP contribution in [0.5, 0.6) is 0 Å². The van der Waals surface area contributed by atoms with E-state index in [-0.39, 0.29) is 5.91 Å². The van der Waals surface area contributed by atoms with Crippen molar-refractivity contribution < 1.29 is 4.79 Å². The summed E-state index contributed by atoms with van der Waals surface area (Å²) in [5, 5.41) is 0. The molecule has 3 heteroatoms. The number of carbonyl (C=O) groups excluding carboxylic acids is 1. The molecule has 86 valence electrons. The van der Waals surface area contributed by atoms with Gasteiger partial charge in [0.05, 0.1) is 0 Å². The Labute approximate surface area is 101 Å². The summed E-state index contributed by atoms with van der Waals surface area (Å²) in [7, 11) is 0. The SMILES string of the molecule is CCN(C(=O)c1ccncc1)c1ccccc1. The van der Waals surface area contributed by atoms with E-state index < -0.39 is 0 Å². The number of hydrogen-bond donors (Lipinski definition) is 0. The first-order valence-corrected chi connectivity index (χ1v) is 5.60. The van der Waals surface area contributed by atoms with Crippen LogP contribution in [0.15, 0.2) is 54.9 Å². The van der Waals surface area contributed by atoms with Crippen LogP contribution in [0.1, 0.15) is 17.3 Å². The fraction of sp³-hybridized carbons (Fsp3) is 0.143. The fourth-order valence-corrected chi connectivity index (χ4v) is 1.70. The average molecular weight is 226 g/mol. The molecule has 1 heterocycles. The van der Waals surface area contributed by atoms with Crippen molar-refractivity contribution in [3.63, 3.8) is 0 Å². The number of hydrogen-bond acceptors (Lipinski definition) is 2. The number of nitrogens with zero attached hydrogens (tertiary/aromatic N) is 2. The quantitative estimate of drug-likeness (QED) is 0.806. The van der Waals surface area contributed by atoms with Gasteiger partial charge >= 0.3 is 0 Å². The van der Waals surface area contributed by atoms with E-state index in [4.69, 9.17) is 0 Å². The van der Waals surface area contributed by atoms with E-state index in [0.717, 1.165) is 5.69 Å². The highest BCUT2D eigenvalue weighted by Gasteiger charge is 2.14. The molecule has 0 aliphatic carbocycles. The highest BCUT2D eigenvalue weighted by Crippen LogP contribution is 2.15. The molecule has 17 heavy (non-hydrogen) atoms. The maximum absolute atomic E-state index is 12.3. The molecule has 1 aromatic heterocycles. The molecule has 2 rings (SSSR count). The Morgan fingerprint density at radius 1 is 1.12 bits per heavy atom. The predicted molar refractivity (Wildman–Crippen MR) is 68.0 cm³/mol. The van der Waals surface area contributed by atoms with E-state index in [0.29, 0.717) is 12.1 Å². The third-order valence-electron chi connectivity index (χ3n) is 2.56. The van der Waals surface area contributed by atoms with Gasteiger partial charge in [-0.25, -0.2) is 0 Å². The van der Waals surface area contributed by atoms with Gasteiger partial charge in [0, 0.05) is 30.2 Å². The molecule has 0 radical (unpaired) electrons. The fourth-order valence-electron chi connectivity index (χ4n) is 1.70. The molecule has 0 spiro atoms. The second-order valence-electron chi connectivity index (χ2n) is 3.62. The highest BCUT2D eigenvalue weighted by molar-refractivity contribution is 6.05. The Balaban J connectivity index is 2.29. The van der Waals surface area contributed by atoms with E-state index in [2.05, 4.69) is 4.98 Å². The van der Waals surface area contributed by atoms with Crippen molar-refractivity contribution in [2.75, 3.05) is 11.4 Å². The van der Waals surface area contributed by atoms with E-state index in [1.807, 2.05) is 37.3 Å². The lowest BCUT2D eigenvalue weighted by atomic mass is 10.2. The topological polar surface area (TPSA) is 33.2 Å². The van der Waals surface area contributed by atoms with Crippen LogP contribution in [-0.4, -0.2) is 17.4 Å². The van der Waals surface area contributed by atoms with E-state index in [9.17, 15) is 4.79 Å². The zero-order chi connectivity index (χ0) is 12.1. The van der Waals surface area contributed by atoms with Crippen molar-refractivity contribution in [1.82, 2.24) is 4.98 Å². The molecule has 0 aliphatic rings. The molecule has 0 unspecified atom stereocenters. The van der Waals surface area contributed by atoms with Crippen LogP contribution >= 0.6 is 0 Å². The summed E-state index contributed by atoms with van der Waals surface area (Å²) < 4.78 is 0. The maximum Gasteiger partial charge on any atom is 0.258 e. The van der Waals surface area contributed by atoms with E-state index >= 15 is 0 Å². The first kappa shape index (κ1) is 11.3. The Hall–Kier alpha value is -2.16. The van der Waals surface area contributed by atoms with Gasteiger partial charge in [-0.1, -0.05) is 18.2 Å². The van der Waals surface area contributed by atoms with Crippen LogP contribution in [0.2, 0.25) is 0 Å². The molecule has 1 amide bonds. The molecule has 0 saturated heterocycles. The van der Waals surface area contributed by atoms with Crippen molar-refractivity contribution in [3.05, 3.63) is 60.4 Å². The van der Waals surface area contributed by atoms with Crippen LogP contribution in [0.25, 0.3) is 0 Å².